The molecule has 0 saturated heterocycles. The maximum atomic E-state index is 12.9. The topological polar surface area (TPSA) is 68.2 Å². The molecule has 0 radical (unpaired) electrons. The maximum Gasteiger partial charge on any atom is 0.325 e. The zero-order chi connectivity index (χ0) is 15.2. The van der Waals surface area contributed by atoms with Crippen LogP contribution in [-0.2, 0) is 9.53 Å². The Morgan fingerprint density at radius 2 is 2.10 bits per heavy atom. The van der Waals surface area contributed by atoms with E-state index in [4.69, 9.17) is 4.74 Å². The van der Waals surface area contributed by atoms with Crippen molar-refractivity contribution in [1.82, 2.24) is 15.0 Å². The van der Waals surface area contributed by atoms with Gasteiger partial charge in [0.2, 0.25) is 5.95 Å². The molecule has 0 atom stereocenters. The monoisotopic (exact) mass is 290 g/mol. The van der Waals surface area contributed by atoms with Gasteiger partial charge in [0.25, 0.3) is 0 Å². The second-order valence-corrected chi connectivity index (χ2v) is 4.26. The van der Waals surface area contributed by atoms with Crippen LogP contribution in [0.1, 0.15) is 6.92 Å². The summed E-state index contributed by atoms with van der Waals surface area (Å²) in [5, 5.41) is 0. The average Bonchev–Trinajstić information content (AvgIpc) is 2.48. The quantitative estimate of drug-likeness (QED) is 0.780. The molecule has 0 aromatic carbocycles. The van der Waals surface area contributed by atoms with E-state index in [0.717, 1.165) is 6.20 Å². The summed E-state index contributed by atoms with van der Waals surface area (Å²) in [6, 6.07) is 4.52. The Balaban J connectivity index is 2.17. The Hall–Kier alpha value is -2.57. The van der Waals surface area contributed by atoms with Crippen LogP contribution in [-0.4, -0.2) is 41.1 Å². The average molecular weight is 290 g/mol. The summed E-state index contributed by atoms with van der Waals surface area (Å²) >= 11 is 0. The molecule has 0 unspecified atom stereocenters. The van der Waals surface area contributed by atoms with Crippen LogP contribution in [0.2, 0.25) is 0 Å². The zero-order valence-corrected chi connectivity index (χ0v) is 11.8. The highest BCUT2D eigenvalue weighted by Crippen LogP contribution is 2.16. The molecule has 0 N–H and O–H groups in total. The van der Waals surface area contributed by atoms with Gasteiger partial charge in [-0.15, -0.1) is 0 Å². The minimum Gasteiger partial charge on any atom is -0.465 e. The molecule has 110 valence electrons. The first-order chi connectivity index (χ1) is 10.1. The first-order valence-corrected chi connectivity index (χ1v) is 6.42. The molecular weight excluding hydrogens is 275 g/mol. The largest absolute Gasteiger partial charge is 0.465 e. The number of hydrogen-bond acceptors (Lipinski definition) is 6. The van der Waals surface area contributed by atoms with Gasteiger partial charge in [-0.1, -0.05) is 0 Å². The number of pyridine rings is 1. The second-order valence-electron chi connectivity index (χ2n) is 4.26. The summed E-state index contributed by atoms with van der Waals surface area (Å²) in [5.74, 6) is -0.395. The molecule has 0 aliphatic carbocycles. The number of aromatic nitrogens is 3. The summed E-state index contributed by atoms with van der Waals surface area (Å²) < 4.78 is 17.7. The van der Waals surface area contributed by atoms with Gasteiger partial charge in [0, 0.05) is 13.2 Å². The van der Waals surface area contributed by atoms with E-state index in [1.165, 1.54) is 12.1 Å². The number of esters is 1. The predicted octanol–water partition coefficient (Wildman–Crippen LogP) is 1.68. The fraction of sp³-hybridized carbons (Fsp3) is 0.286. The van der Waals surface area contributed by atoms with Crippen molar-refractivity contribution in [2.75, 3.05) is 25.1 Å². The SMILES string of the molecule is CCOC(=O)CN(C)c1nccc(-c2ccc(F)cn2)n1. The van der Waals surface area contributed by atoms with Crippen LogP contribution < -0.4 is 4.90 Å². The van der Waals surface area contributed by atoms with Gasteiger partial charge in [-0.3, -0.25) is 9.78 Å². The van der Waals surface area contributed by atoms with Crippen LogP contribution in [0.3, 0.4) is 0 Å². The summed E-state index contributed by atoms with van der Waals surface area (Å²) in [6.07, 6.45) is 2.68. The molecule has 2 rings (SSSR count). The number of hydrogen-bond donors (Lipinski definition) is 0. The molecular formula is C14H15FN4O2. The predicted molar refractivity (Wildman–Crippen MR) is 75.1 cm³/mol. The van der Waals surface area contributed by atoms with E-state index in [9.17, 15) is 9.18 Å². The number of likely N-dealkylation sites (N-methyl/N-ethyl adjacent to an activating group) is 1. The fourth-order valence-corrected chi connectivity index (χ4v) is 1.67. The van der Waals surface area contributed by atoms with Gasteiger partial charge in [-0.2, -0.15) is 0 Å². The van der Waals surface area contributed by atoms with E-state index >= 15 is 0 Å². The molecule has 0 spiro atoms. The molecule has 2 aromatic heterocycles. The van der Waals surface area contributed by atoms with Gasteiger partial charge in [0.05, 0.1) is 24.2 Å². The van der Waals surface area contributed by atoms with Crippen LogP contribution in [0.5, 0.6) is 0 Å². The molecule has 2 aromatic rings. The number of carbonyl (C=O) groups is 1. The minimum atomic E-state index is -0.410. The van der Waals surface area contributed by atoms with Gasteiger partial charge in [-0.05, 0) is 25.1 Å². The number of halogens is 1. The highest BCUT2D eigenvalue weighted by Gasteiger charge is 2.12. The van der Waals surface area contributed by atoms with E-state index < -0.39 is 5.82 Å². The fourth-order valence-electron chi connectivity index (χ4n) is 1.67. The standard InChI is InChI=1S/C14H15FN4O2/c1-3-21-13(20)9-19(2)14-16-7-6-12(18-14)11-5-4-10(15)8-17-11/h4-8H,3,9H2,1-2H3. The second kappa shape index (κ2) is 6.74. The van der Waals surface area contributed by atoms with Crippen molar-refractivity contribution >= 4 is 11.9 Å². The molecule has 21 heavy (non-hydrogen) atoms. The van der Waals surface area contributed by atoms with Gasteiger partial charge in [-0.25, -0.2) is 14.4 Å². The summed E-state index contributed by atoms with van der Waals surface area (Å²) in [4.78, 5) is 25.4. The van der Waals surface area contributed by atoms with Crippen molar-refractivity contribution < 1.29 is 13.9 Å². The number of ether oxygens (including phenoxy) is 1. The first-order valence-electron chi connectivity index (χ1n) is 6.42. The van der Waals surface area contributed by atoms with Gasteiger partial charge >= 0.3 is 5.97 Å². The van der Waals surface area contributed by atoms with Crippen molar-refractivity contribution in [3.8, 4) is 11.4 Å². The Labute approximate surface area is 121 Å². The summed E-state index contributed by atoms with van der Waals surface area (Å²) in [7, 11) is 1.69. The molecule has 0 bridgehead atoms. The van der Waals surface area contributed by atoms with E-state index in [1.54, 1.807) is 31.1 Å². The lowest BCUT2D eigenvalue weighted by Crippen LogP contribution is -2.28. The third-order valence-corrected chi connectivity index (χ3v) is 2.65. The smallest absolute Gasteiger partial charge is 0.325 e. The molecule has 7 heteroatoms. The van der Waals surface area contributed by atoms with Crippen LogP contribution in [0, 0.1) is 5.82 Å². The van der Waals surface area contributed by atoms with E-state index in [0.29, 0.717) is 23.9 Å². The molecule has 0 fully saturated rings. The van der Waals surface area contributed by atoms with E-state index in [-0.39, 0.29) is 12.5 Å². The summed E-state index contributed by atoms with van der Waals surface area (Å²) in [5.41, 5.74) is 1.08. The highest BCUT2D eigenvalue weighted by molar-refractivity contribution is 5.74. The zero-order valence-electron chi connectivity index (χ0n) is 11.8. The molecule has 0 aliphatic heterocycles. The van der Waals surface area contributed by atoms with Crippen molar-refractivity contribution in [3.63, 3.8) is 0 Å². The lowest BCUT2D eigenvalue weighted by molar-refractivity contribution is -0.141. The van der Waals surface area contributed by atoms with E-state index in [2.05, 4.69) is 15.0 Å². The number of carbonyl (C=O) groups excluding carboxylic acids is 1. The lowest BCUT2D eigenvalue weighted by atomic mass is 10.2. The normalized spacial score (nSPS) is 10.2. The van der Waals surface area contributed by atoms with Crippen LogP contribution in [0.15, 0.2) is 30.6 Å². The summed E-state index contributed by atoms with van der Waals surface area (Å²) in [6.45, 7) is 2.12. The molecule has 0 aliphatic rings. The van der Waals surface area contributed by atoms with Gasteiger partial charge < -0.3 is 9.64 Å². The van der Waals surface area contributed by atoms with Crippen molar-refractivity contribution in [1.29, 1.82) is 0 Å². The van der Waals surface area contributed by atoms with Gasteiger partial charge in [0.1, 0.15) is 12.4 Å². The third kappa shape index (κ3) is 3.95. The number of nitrogens with zero attached hydrogens (tertiary/aromatic N) is 4. The molecule has 0 saturated carbocycles. The first kappa shape index (κ1) is 14.8. The lowest BCUT2D eigenvalue weighted by Gasteiger charge is -2.16. The minimum absolute atomic E-state index is 0.0497. The Morgan fingerprint density at radius 3 is 2.76 bits per heavy atom. The van der Waals surface area contributed by atoms with E-state index in [1.807, 2.05) is 0 Å². The van der Waals surface area contributed by atoms with Crippen LogP contribution in [0.4, 0.5) is 10.3 Å². The molecule has 6 nitrogen and oxygen atoms in total. The molecule has 2 heterocycles. The van der Waals surface area contributed by atoms with Crippen molar-refractivity contribution in [3.05, 3.63) is 36.4 Å². The Bertz CT molecular complexity index is 619. The van der Waals surface area contributed by atoms with Crippen molar-refractivity contribution in [2.24, 2.45) is 0 Å². The maximum absolute atomic E-state index is 12.9. The molecule has 0 amide bonds. The number of anilines is 1. The van der Waals surface area contributed by atoms with Gasteiger partial charge in [0.15, 0.2) is 0 Å². The highest BCUT2D eigenvalue weighted by atomic mass is 19.1. The Morgan fingerprint density at radius 1 is 1.29 bits per heavy atom. The van der Waals surface area contributed by atoms with Crippen LogP contribution >= 0.6 is 0 Å². The third-order valence-electron chi connectivity index (χ3n) is 2.65. The van der Waals surface area contributed by atoms with Crippen molar-refractivity contribution in [2.45, 2.75) is 6.92 Å². The van der Waals surface area contributed by atoms with Crippen LogP contribution in [0.25, 0.3) is 11.4 Å². The number of rotatable bonds is 5. The Kier molecular flexibility index (Phi) is 4.76.